The zero-order chi connectivity index (χ0) is 18.9. The van der Waals surface area contributed by atoms with Crippen LogP contribution in [-0.4, -0.2) is 25.2 Å². The van der Waals surface area contributed by atoms with Crippen molar-refractivity contribution in [3.63, 3.8) is 0 Å². The first-order chi connectivity index (χ1) is 12.3. The van der Waals surface area contributed by atoms with E-state index >= 15 is 0 Å². The zero-order valence-electron chi connectivity index (χ0n) is 16.3. The normalized spacial score (nSPS) is 11.7. The number of hydrogen-bond acceptors (Lipinski definition) is 2. The number of nitrogens with zero attached hydrogens (tertiary/aromatic N) is 1. The number of ether oxygens (including phenoxy) is 1. The van der Waals surface area contributed by atoms with Gasteiger partial charge in [0.2, 0.25) is 0 Å². The highest BCUT2D eigenvalue weighted by atomic mass is 28.3. The van der Waals surface area contributed by atoms with Gasteiger partial charge in [0.1, 0.15) is 5.69 Å². The monoisotopic (exact) mass is 365 g/mol. The fourth-order valence-corrected chi connectivity index (χ4v) is 5.21. The van der Waals surface area contributed by atoms with Crippen LogP contribution < -0.4 is 5.19 Å². The summed E-state index contributed by atoms with van der Waals surface area (Å²) in [4.78, 5) is 12.5. The summed E-state index contributed by atoms with van der Waals surface area (Å²) >= 11 is 0. The molecule has 0 bridgehead atoms. The van der Waals surface area contributed by atoms with Gasteiger partial charge in [-0.05, 0) is 31.5 Å². The highest BCUT2D eigenvalue weighted by Crippen LogP contribution is 2.23. The second-order valence-corrected chi connectivity index (χ2v) is 12.8. The van der Waals surface area contributed by atoms with Gasteiger partial charge in [-0.1, -0.05) is 66.8 Å². The highest BCUT2D eigenvalue weighted by molar-refractivity contribution is 6.89. The molecule has 0 aliphatic rings. The van der Waals surface area contributed by atoms with E-state index in [0.29, 0.717) is 18.8 Å². The predicted octanol–water partition coefficient (Wildman–Crippen LogP) is 4.72. The zero-order valence-corrected chi connectivity index (χ0v) is 17.3. The second kappa shape index (κ2) is 7.12. The molecule has 0 amide bonds. The van der Waals surface area contributed by atoms with Gasteiger partial charge >= 0.3 is 5.97 Å². The number of hydrogen-bond donors (Lipinski definition) is 0. The second-order valence-electron chi connectivity index (χ2n) is 7.81. The molecule has 136 valence electrons. The van der Waals surface area contributed by atoms with E-state index in [2.05, 4.69) is 55.4 Å². The first-order valence-electron chi connectivity index (χ1n) is 9.16. The Morgan fingerprint density at radius 3 is 2.50 bits per heavy atom. The number of esters is 1. The molecule has 0 saturated carbocycles. The Morgan fingerprint density at radius 1 is 1.08 bits per heavy atom. The standard InChI is InChI=1S/C22H27NO2Si/c1-6-25-22(24)20-14-17-9-7-8-10-19(17)23(20)15-18-13-16(2)11-12-21(18)26(3,4)5/h7-14H,6,15H2,1-5H3. The van der Waals surface area contributed by atoms with Crippen molar-refractivity contribution >= 4 is 30.1 Å². The Hall–Kier alpha value is -2.33. The van der Waals surface area contributed by atoms with Gasteiger partial charge in [-0.3, -0.25) is 0 Å². The number of carbonyl (C=O) groups is 1. The van der Waals surface area contributed by atoms with Crippen molar-refractivity contribution in [2.45, 2.75) is 40.0 Å². The van der Waals surface area contributed by atoms with Crippen molar-refractivity contribution in [1.82, 2.24) is 4.57 Å². The van der Waals surface area contributed by atoms with Gasteiger partial charge in [0.15, 0.2) is 0 Å². The molecule has 1 aromatic heterocycles. The van der Waals surface area contributed by atoms with Crippen LogP contribution in [0.2, 0.25) is 19.6 Å². The maximum Gasteiger partial charge on any atom is 0.354 e. The van der Waals surface area contributed by atoms with Gasteiger partial charge in [-0.15, -0.1) is 0 Å². The molecule has 3 aromatic rings. The average Bonchev–Trinajstić information content (AvgIpc) is 2.93. The fourth-order valence-electron chi connectivity index (χ4n) is 3.51. The molecular weight excluding hydrogens is 338 g/mol. The Morgan fingerprint density at radius 2 is 1.81 bits per heavy atom. The van der Waals surface area contributed by atoms with E-state index in [1.165, 1.54) is 16.3 Å². The SMILES string of the molecule is CCOC(=O)c1cc2ccccc2n1Cc1cc(C)ccc1[Si](C)(C)C. The summed E-state index contributed by atoms with van der Waals surface area (Å²) in [5.74, 6) is -0.258. The van der Waals surface area contributed by atoms with Crippen molar-refractivity contribution in [3.05, 3.63) is 65.4 Å². The van der Waals surface area contributed by atoms with Gasteiger partial charge in [0, 0.05) is 17.4 Å². The van der Waals surface area contributed by atoms with Crippen LogP contribution >= 0.6 is 0 Å². The summed E-state index contributed by atoms with van der Waals surface area (Å²) < 4.78 is 7.41. The molecule has 0 radical (unpaired) electrons. The van der Waals surface area contributed by atoms with Gasteiger partial charge in [0.05, 0.1) is 14.7 Å². The minimum Gasteiger partial charge on any atom is -0.461 e. The van der Waals surface area contributed by atoms with Crippen molar-refractivity contribution in [2.75, 3.05) is 6.61 Å². The van der Waals surface area contributed by atoms with Gasteiger partial charge in [0.25, 0.3) is 0 Å². The third-order valence-electron chi connectivity index (χ3n) is 4.69. The number of benzene rings is 2. The number of aromatic nitrogens is 1. The first kappa shape index (κ1) is 18.5. The molecule has 0 aliphatic heterocycles. The van der Waals surface area contributed by atoms with Gasteiger partial charge in [-0.2, -0.15) is 0 Å². The largest absolute Gasteiger partial charge is 0.461 e. The van der Waals surface area contributed by atoms with Crippen molar-refractivity contribution in [3.8, 4) is 0 Å². The van der Waals surface area contributed by atoms with Crippen LogP contribution in [0.15, 0.2) is 48.5 Å². The summed E-state index contributed by atoms with van der Waals surface area (Å²) in [6, 6.07) is 16.8. The Labute approximate surface area is 156 Å². The van der Waals surface area contributed by atoms with Crippen LogP contribution in [-0.2, 0) is 11.3 Å². The molecule has 2 aromatic carbocycles. The third-order valence-corrected chi connectivity index (χ3v) is 6.80. The van der Waals surface area contributed by atoms with Crippen LogP contribution in [0.3, 0.4) is 0 Å². The maximum absolute atomic E-state index is 12.5. The average molecular weight is 366 g/mol. The van der Waals surface area contributed by atoms with Crippen LogP contribution in [0, 0.1) is 6.92 Å². The summed E-state index contributed by atoms with van der Waals surface area (Å²) in [6.45, 7) is 12.1. The lowest BCUT2D eigenvalue weighted by Crippen LogP contribution is -2.40. The molecule has 0 saturated heterocycles. The minimum atomic E-state index is -1.49. The van der Waals surface area contributed by atoms with Crippen LogP contribution in [0.5, 0.6) is 0 Å². The smallest absolute Gasteiger partial charge is 0.354 e. The molecule has 0 atom stereocenters. The lowest BCUT2D eigenvalue weighted by atomic mass is 10.1. The van der Waals surface area contributed by atoms with E-state index in [1.54, 1.807) is 0 Å². The molecule has 0 aliphatic carbocycles. The summed E-state index contributed by atoms with van der Waals surface area (Å²) in [5.41, 5.74) is 4.24. The molecule has 0 N–H and O–H groups in total. The Kier molecular flexibility index (Phi) is 5.05. The van der Waals surface area contributed by atoms with E-state index < -0.39 is 8.07 Å². The molecule has 0 spiro atoms. The molecule has 0 unspecified atom stereocenters. The van der Waals surface area contributed by atoms with E-state index in [-0.39, 0.29) is 5.97 Å². The number of aryl methyl sites for hydroxylation is 1. The third kappa shape index (κ3) is 3.60. The topological polar surface area (TPSA) is 31.2 Å². The summed E-state index contributed by atoms with van der Waals surface area (Å²) in [5, 5.41) is 2.51. The molecule has 0 fully saturated rings. The molecule has 1 heterocycles. The van der Waals surface area contributed by atoms with E-state index in [1.807, 2.05) is 31.2 Å². The fraction of sp³-hybridized carbons (Fsp3) is 0.318. The Balaban J connectivity index is 2.16. The number of para-hydroxylation sites is 1. The lowest BCUT2D eigenvalue weighted by molar-refractivity contribution is 0.0515. The van der Waals surface area contributed by atoms with Gasteiger partial charge < -0.3 is 9.30 Å². The number of carbonyl (C=O) groups excluding carboxylic acids is 1. The van der Waals surface area contributed by atoms with Crippen LogP contribution in [0.1, 0.15) is 28.5 Å². The number of rotatable bonds is 5. The van der Waals surface area contributed by atoms with Crippen molar-refractivity contribution in [1.29, 1.82) is 0 Å². The van der Waals surface area contributed by atoms with Crippen LogP contribution in [0.25, 0.3) is 10.9 Å². The maximum atomic E-state index is 12.5. The number of fused-ring (bicyclic) bond motifs is 1. The summed E-state index contributed by atoms with van der Waals surface area (Å²) in [7, 11) is -1.49. The van der Waals surface area contributed by atoms with Crippen molar-refractivity contribution in [2.24, 2.45) is 0 Å². The summed E-state index contributed by atoms with van der Waals surface area (Å²) in [6.07, 6.45) is 0. The lowest BCUT2D eigenvalue weighted by Gasteiger charge is -2.23. The molecule has 4 heteroatoms. The minimum absolute atomic E-state index is 0.258. The molecule has 3 nitrogen and oxygen atoms in total. The first-order valence-corrected chi connectivity index (χ1v) is 12.7. The van der Waals surface area contributed by atoms with Crippen molar-refractivity contribution < 1.29 is 9.53 Å². The van der Waals surface area contributed by atoms with Gasteiger partial charge in [-0.25, -0.2) is 4.79 Å². The predicted molar refractivity (Wildman–Crippen MR) is 111 cm³/mol. The molecule has 26 heavy (non-hydrogen) atoms. The molecule has 3 rings (SSSR count). The van der Waals surface area contributed by atoms with E-state index in [0.717, 1.165) is 10.9 Å². The van der Waals surface area contributed by atoms with E-state index in [4.69, 9.17) is 4.74 Å². The highest BCUT2D eigenvalue weighted by Gasteiger charge is 2.22. The molecular formula is C22H27NO2Si. The quantitative estimate of drug-likeness (QED) is 0.484. The Bertz CT molecular complexity index is 950. The van der Waals surface area contributed by atoms with E-state index in [9.17, 15) is 4.79 Å². The van der Waals surface area contributed by atoms with Crippen LogP contribution in [0.4, 0.5) is 0 Å².